The molecule has 108 valence electrons. The molecule has 0 aromatic heterocycles. The third-order valence-corrected chi connectivity index (χ3v) is 4.12. The number of ether oxygens (including phenoxy) is 1. The molecule has 1 aromatic rings. The third-order valence-electron chi connectivity index (χ3n) is 2.85. The average Bonchev–Trinajstić information content (AvgIpc) is 2.42. The van der Waals surface area contributed by atoms with Crippen LogP contribution >= 0.6 is 11.8 Å². The molecule has 0 fully saturated rings. The zero-order valence-corrected chi connectivity index (χ0v) is 12.9. The summed E-state index contributed by atoms with van der Waals surface area (Å²) in [5, 5.41) is 3.48. The molecule has 1 atom stereocenters. The van der Waals surface area contributed by atoms with Crippen molar-refractivity contribution in [1.29, 1.82) is 0 Å². The van der Waals surface area contributed by atoms with Gasteiger partial charge in [-0.25, -0.2) is 4.39 Å². The summed E-state index contributed by atoms with van der Waals surface area (Å²) in [5.41, 5.74) is 0.996. The maximum atomic E-state index is 13.8. The molecule has 2 nitrogen and oxygen atoms in total. The SMILES string of the molecule is CCCNC(CSCCC)c1ccc(OC)c(F)c1. The van der Waals surface area contributed by atoms with E-state index in [0.29, 0.717) is 5.75 Å². The van der Waals surface area contributed by atoms with Gasteiger partial charge in [0.05, 0.1) is 7.11 Å². The summed E-state index contributed by atoms with van der Waals surface area (Å²) in [6.07, 6.45) is 2.25. The van der Waals surface area contributed by atoms with Crippen LogP contribution in [0.5, 0.6) is 5.75 Å². The van der Waals surface area contributed by atoms with Crippen molar-refractivity contribution in [2.24, 2.45) is 0 Å². The number of rotatable bonds is 9. The molecule has 0 spiro atoms. The molecule has 4 heteroatoms. The van der Waals surface area contributed by atoms with Crippen LogP contribution in [0.3, 0.4) is 0 Å². The summed E-state index contributed by atoms with van der Waals surface area (Å²) >= 11 is 1.91. The Balaban J connectivity index is 2.74. The molecule has 0 radical (unpaired) electrons. The van der Waals surface area contributed by atoms with Gasteiger partial charge in [-0.3, -0.25) is 0 Å². The van der Waals surface area contributed by atoms with Crippen molar-refractivity contribution in [3.8, 4) is 5.75 Å². The molecule has 0 bridgehead atoms. The van der Waals surface area contributed by atoms with Crippen LogP contribution in [0.4, 0.5) is 4.39 Å². The Morgan fingerprint density at radius 2 is 2.11 bits per heavy atom. The molecule has 0 amide bonds. The Morgan fingerprint density at radius 3 is 2.68 bits per heavy atom. The van der Waals surface area contributed by atoms with Crippen LogP contribution in [-0.2, 0) is 0 Å². The lowest BCUT2D eigenvalue weighted by Crippen LogP contribution is -2.24. The zero-order chi connectivity index (χ0) is 14.1. The van der Waals surface area contributed by atoms with Gasteiger partial charge in [-0.15, -0.1) is 0 Å². The summed E-state index contributed by atoms with van der Waals surface area (Å²) in [5.74, 6) is 2.13. The van der Waals surface area contributed by atoms with Gasteiger partial charge in [0.1, 0.15) is 0 Å². The van der Waals surface area contributed by atoms with Crippen LogP contribution < -0.4 is 10.1 Å². The third kappa shape index (κ3) is 5.41. The number of benzene rings is 1. The van der Waals surface area contributed by atoms with E-state index in [1.54, 1.807) is 12.1 Å². The van der Waals surface area contributed by atoms with Crippen LogP contribution in [-0.4, -0.2) is 25.2 Å². The molecule has 0 saturated carbocycles. The van der Waals surface area contributed by atoms with Crippen molar-refractivity contribution in [2.75, 3.05) is 25.2 Å². The topological polar surface area (TPSA) is 21.3 Å². The van der Waals surface area contributed by atoms with Crippen molar-refractivity contribution < 1.29 is 9.13 Å². The fourth-order valence-electron chi connectivity index (χ4n) is 1.84. The average molecular weight is 285 g/mol. The minimum Gasteiger partial charge on any atom is -0.494 e. The standard InChI is InChI=1S/C15H24FNOS/c1-4-8-17-14(11-19-9-5-2)12-6-7-15(18-3)13(16)10-12/h6-7,10,14,17H,4-5,8-9,11H2,1-3H3. The fourth-order valence-corrected chi connectivity index (χ4v) is 2.84. The van der Waals surface area contributed by atoms with Crippen molar-refractivity contribution in [3.63, 3.8) is 0 Å². The van der Waals surface area contributed by atoms with Crippen molar-refractivity contribution >= 4 is 11.8 Å². The zero-order valence-electron chi connectivity index (χ0n) is 12.0. The van der Waals surface area contributed by atoms with E-state index in [1.165, 1.54) is 13.5 Å². The lowest BCUT2D eigenvalue weighted by atomic mass is 10.1. The van der Waals surface area contributed by atoms with E-state index in [4.69, 9.17) is 4.74 Å². The highest BCUT2D eigenvalue weighted by atomic mass is 32.2. The molecule has 1 aromatic carbocycles. The molecule has 0 aliphatic carbocycles. The Kier molecular flexibility index (Phi) is 7.91. The lowest BCUT2D eigenvalue weighted by Gasteiger charge is -2.19. The van der Waals surface area contributed by atoms with Gasteiger partial charge in [-0.2, -0.15) is 11.8 Å². The van der Waals surface area contributed by atoms with Crippen LogP contribution in [0.2, 0.25) is 0 Å². The summed E-state index contributed by atoms with van der Waals surface area (Å²) in [6, 6.07) is 5.44. The number of hydrogen-bond acceptors (Lipinski definition) is 3. The lowest BCUT2D eigenvalue weighted by molar-refractivity contribution is 0.385. The predicted octanol–water partition coefficient (Wildman–Crippen LogP) is 4.02. The Hall–Kier alpha value is -0.740. The molecule has 0 saturated heterocycles. The minimum absolute atomic E-state index is 0.205. The maximum absolute atomic E-state index is 13.8. The van der Waals surface area contributed by atoms with Crippen LogP contribution in [0.25, 0.3) is 0 Å². The second-order valence-electron chi connectivity index (χ2n) is 4.48. The van der Waals surface area contributed by atoms with E-state index in [2.05, 4.69) is 19.2 Å². The largest absolute Gasteiger partial charge is 0.494 e. The molecule has 1 rings (SSSR count). The van der Waals surface area contributed by atoms with Crippen LogP contribution in [0, 0.1) is 5.82 Å². The monoisotopic (exact) mass is 285 g/mol. The molecular formula is C15H24FNOS. The van der Waals surface area contributed by atoms with Crippen LogP contribution in [0.1, 0.15) is 38.3 Å². The van der Waals surface area contributed by atoms with Crippen molar-refractivity contribution in [2.45, 2.75) is 32.7 Å². The molecule has 0 aliphatic heterocycles. The molecular weight excluding hydrogens is 261 g/mol. The first-order chi connectivity index (χ1) is 9.22. The number of nitrogens with one attached hydrogen (secondary N) is 1. The second kappa shape index (κ2) is 9.21. The van der Waals surface area contributed by atoms with Gasteiger partial charge in [-0.1, -0.05) is 19.9 Å². The van der Waals surface area contributed by atoms with Gasteiger partial charge < -0.3 is 10.1 Å². The summed E-state index contributed by atoms with van der Waals surface area (Å²) in [7, 11) is 1.49. The normalized spacial score (nSPS) is 12.4. The maximum Gasteiger partial charge on any atom is 0.165 e. The first kappa shape index (κ1) is 16.3. The van der Waals surface area contributed by atoms with E-state index in [9.17, 15) is 4.39 Å². The molecule has 19 heavy (non-hydrogen) atoms. The Morgan fingerprint density at radius 1 is 1.32 bits per heavy atom. The summed E-state index contributed by atoms with van der Waals surface area (Å²) in [6.45, 7) is 5.26. The van der Waals surface area contributed by atoms with Crippen molar-refractivity contribution in [3.05, 3.63) is 29.6 Å². The van der Waals surface area contributed by atoms with E-state index in [1.807, 2.05) is 17.8 Å². The first-order valence-electron chi connectivity index (χ1n) is 6.87. The van der Waals surface area contributed by atoms with Gasteiger partial charge >= 0.3 is 0 Å². The van der Waals surface area contributed by atoms with Crippen molar-refractivity contribution in [1.82, 2.24) is 5.32 Å². The van der Waals surface area contributed by atoms with Gasteiger partial charge in [0, 0.05) is 11.8 Å². The highest BCUT2D eigenvalue weighted by Crippen LogP contribution is 2.24. The number of hydrogen-bond donors (Lipinski definition) is 1. The van der Waals surface area contributed by atoms with Gasteiger partial charge in [0.15, 0.2) is 11.6 Å². The Labute approximate surface area is 120 Å². The fraction of sp³-hybridized carbons (Fsp3) is 0.600. The number of methoxy groups -OCH3 is 1. The molecule has 0 aliphatic rings. The minimum atomic E-state index is -0.288. The van der Waals surface area contributed by atoms with Gasteiger partial charge in [-0.05, 0) is 42.8 Å². The number of halogens is 1. The predicted molar refractivity (Wildman–Crippen MR) is 81.6 cm³/mol. The Bertz CT molecular complexity index is 373. The molecule has 1 N–H and O–H groups in total. The molecule has 1 unspecified atom stereocenters. The smallest absolute Gasteiger partial charge is 0.165 e. The van der Waals surface area contributed by atoms with E-state index >= 15 is 0 Å². The van der Waals surface area contributed by atoms with E-state index in [-0.39, 0.29) is 11.9 Å². The highest BCUT2D eigenvalue weighted by molar-refractivity contribution is 7.99. The summed E-state index contributed by atoms with van der Waals surface area (Å²) in [4.78, 5) is 0. The summed E-state index contributed by atoms with van der Waals surface area (Å²) < 4.78 is 18.7. The van der Waals surface area contributed by atoms with Gasteiger partial charge in [0.25, 0.3) is 0 Å². The van der Waals surface area contributed by atoms with E-state index < -0.39 is 0 Å². The van der Waals surface area contributed by atoms with Gasteiger partial charge in [0.2, 0.25) is 0 Å². The number of thioether (sulfide) groups is 1. The highest BCUT2D eigenvalue weighted by Gasteiger charge is 2.13. The van der Waals surface area contributed by atoms with E-state index in [0.717, 1.165) is 30.0 Å². The molecule has 0 heterocycles. The first-order valence-corrected chi connectivity index (χ1v) is 8.02. The quantitative estimate of drug-likeness (QED) is 0.692. The van der Waals surface area contributed by atoms with Crippen LogP contribution in [0.15, 0.2) is 18.2 Å². The second-order valence-corrected chi connectivity index (χ2v) is 5.63.